The predicted molar refractivity (Wildman–Crippen MR) is 194 cm³/mol. The molecule has 1 fully saturated rings. The number of morpholine rings is 1. The zero-order chi connectivity index (χ0) is 36.2. The van der Waals surface area contributed by atoms with E-state index in [4.69, 9.17) is 30.5 Å². The minimum absolute atomic E-state index is 0.0727. The first kappa shape index (κ1) is 37.3. The SMILES string of the molecule is Cc1c(COc2cc(OCc3cncc(C#N)c3)c(CN=C(CO)C(=O)O)cc2Cl)cccc1-c1cccc(OCCCN2CCOCC2)c1C. The molecule has 5 rings (SSSR count). The molecule has 0 spiro atoms. The normalized spacial score (nSPS) is 13.4. The topological polar surface area (TPSA) is 147 Å². The van der Waals surface area contributed by atoms with Crippen LogP contribution < -0.4 is 14.2 Å². The molecule has 266 valence electrons. The van der Waals surface area contributed by atoms with Crippen LogP contribution in [0.3, 0.4) is 0 Å². The van der Waals surface area contributed by atoms with Gasteiger partial charge in [-0.1, -0.05) is 41.9 Å². The largest absolute Gasteiger partial charge is 0.493 e. The molecule has 3 aromatic carbocycles. The van der Waals surface area contributed by atoms with E-state index in [2.05, 4.69) is 46.9 Å². The smallest absolute Gasteiger partial charge is 0.352 e. The standard InChI is InChI=1S/C39H41ClN4O7/c1-26-30(6-3-7-32(26)33-8-4-9-36(27(33)2)49-13-5-10-44-11-14-48-15-12-44)25-51-38-18-37(50-24-29-16-28(19-41)20-42-21-29)31(17-34(38)40)22-43-35(23-45)39(46)47/h3-4,6-9,16-18,20-21,45H,5,10-15,22-25H2,1-2H3,(H,46,47). The second-order valence-corrected chi connectivity index (χ2v) is 12.5. The van der Waals surface area contributed by atoms with Gasteiger partial charge < -0.3 is 29.2 Å². The quantitative estimate of drug-likeness (QED) is 0.102. The number of aliphatic carboxylic acids is 1. The van der Waals surface area contributed by atoms with E-state index >= 15 is 0 Å². The van der Waals surface area contributed by atoms with E-state index in [0.717, 1.165) is 72.8 Å². The summed E-state index contributed by atoms with van der Waals surface area (Å²) in [6.07, 6.45) is 3.99. The molecule has 0 bridgehead atoms. The molecule has 11 nitrogen and oxygen atoms in total. The molecule has 0 aliphatic carbocycles. The van der Waals surface area contributed by atoms with Crippen molar-refractivity contribution in [1.29, 1.82) is 5.26 Å². The van der Waals surface area contributed by atoms with Crippen LogP contribution in [-0.4, -0.2) is 77.8 Å². The number of hydrogen-bond acceptors (Lipinski definition) is 10. The number of benzene rings is 3. The fraction of sp³-hybridized carbons (Fsp3) is 0.333. The summed E-state index contributed by atoms with van der Waals surface area (Å²) in [6, 6.07) is 19.2. The highest BCUT2D eigenvalue weighted by atomic mass is 35.5. The first-order chi connectivity index (χ1) is 24.8. The molecule has 1 aromatic heterocycles. The molecule has 12 heteroatoms. The average Bonchev–Trinajstić information content (AvgIpc) is 3.14. The number of halogens is 1. The van der Waals surface area contributed by atoms with Crippen LogP contribution in [0.25, 0.3) is 11.1 Å². The lowest BCUT2D eigenvalue weighted by Crippen LogP contribution is -2.37. The summed E-state index contributed by atoms with van der Waals surface area (Å²) in [4.78, 5) is 21.9. The van der Waals surface area contributed by atoms with Crippen molar-refractivity contribution in [2.24, 2.45) is 4.99 Å². The van der Waals surface area contributed by atoms with Crippen molar-refractivity contribution in [3.63, 3.8) is 0 Å². The van der Waals surface area contributed by atoms with Crippen LogP contribution in [0.2, 0.25) is 5.02 Å². The zero-order valence-corrected chi connectivity index (χ0v) is 29.5. The summed E-state index contributed by atoms with van der Waals surface area (Å²) in [5, 5.41) is 28.3. The van der Waals surface area contributed by atoms with E-state index in [9.17, 15) is 20.3 Å². The molecule has 1 saturated heterocycles. The minimum atomic E-state index is -1.32. The second-order valence-electron chi connectivity index (χ2n) is 12.1. The number of pyridine rings is 1. The summed E-state index contributed by atoms with van der Waals surface area (Å²) in [7, 11) is 0. The van der Waals surface area contributed by atoms with E-state index in [1.54, 1.807) is 24.4 Å². The summed E-state index contributed by atoms with van der Waals surface area (Å²) in [5.41, 5.74) is 6.38. The maximum Gasteiger partial charge on any atom is 0.352 e. The number of ether oxygens (including phenoxy) is 4. The fourth-order valence-electron chi connectivity index (χ4n) is 5.74. The van der Waals surface area contributed by atoms with Gasteiger partial charge in [0.15, 0.2) is 0 Å². The number of rotatable bonds is 16. The number of hydrogen-bond donors (Lipinski definition) is 2. The number of carboxylic acid groups (broad SMARTS) is 1. The average molecular weight is 713 g/mol. The third kappa shape index (κ3) is 10.1. The molecular weight excluding hydrogens is 672 g/mol. The van der Waals surface area contributed by atoms with E-state index in [0.29, 0.717) is 34.8 Å². The number of nitriles is 1. The highest BCUT2D eigenvalue weighted by Crippen LogP contribution is 2.36. The molecule has 2 N–H and O–H groups in total. The molecule has 1 aliphatic rings. The third-order valence-corrected chi connectivity index (χ3v) is 8.95. The Labute approximate surface area is 302 Å². The highest BCUT2D eigenvalue weighted by molar-refractivity contribution is 6.36. The van der Waals surface area contributed by atoms with Crippen molar-refractivity contribution in [3.8, 4) is 34.4 Å². The van der Waals surface area contributed by atoms with Gasteiger partial charge in [-0.15, -0.1) is 0 Å². The van der Waals surface area contributed by atoms with Crippen LogP contribution in [0.4, 0.5) is 0 Å². The van der Waals surface area contributed by atoms with Crippen LogP contribution in [0, 0.1) is 25.2 Å². The van der Waals surface area contributed by atoms with Gasteiger partial charge in [0.25, 0.3) is 0 Å². The first-order valence-electron chi connectivity index (χ1n) is 16.7. The lowest BCUT2D eigenvalue weighted by atomic mass is 9.93. The second kappa shape index (κ2) is 18.3. The lowest BCUT2D eigenvalue weighted by molar-refractivity contribution is -0.129. The van der Waals surface area contributed by atoms with Crippen molar-refractivity contribution >= 4 is 23.3 Å². The fourth-order valence-corrected chi connectivity index (χ4v) is 5.98. The van der Waals surface area contributed by atoms with Crippen molar-refractivity contribution in [1.82, 2.24) is 9.88 Å². The zero-order valence-electron chi connectivity index (χ0n) is 28.7. The van der Waals surface area contributed by atoms with Crippen LogP contribution in [0.1, 0.15) is 39.8 Å². The molecule has 4 aromatic rings. The molecule has 2 heterocycles. The molecule has 0 unspecified atom stereocenters. The molecule has 0 amide bonds. The number of aliphatic hydroxyl groups excluding tert-OH is 1. The molecule has 0 atom stereocenters. The lowest BCUT2D eigenvalue weighted by Gasteiger charge is -2.26. The number of aromatic nitrogens is 1. The van der Waals surface area contributed by atoms with Crippen LogP contribution in [0.15, 0.2) is 72.0 Å². The summed E-state index contributed by atoms with van der Waals surface area (Å²) >= 11 is 6.67. The summed E-state index contributed by atoms with van der Waals surface area (Å²) in [6.45, 7) is 8.73. The van der Waals surface area contributed by atoms with Crippen LogP contribution >= 0.6 is 11.6 Å². The van der Waals surface area contributed by atoms with E-state index in [1.807, 2.05) is 24.3 Å². The van der Waals surface area contributed by atoms with Crippen molar-refractivity contribution in [2.75, 3.05) is 46.1 Å². The van der Waals surface area contributed by atoms with E-state index in [-0.39, 0.29) is 24.8 Å². The molecule has 1 aliphatic heterocycles. The van der Waals surface area contributed by atoms with Gasteiger partial charge in [0.2, 0.25) is 0 Å². The number of aliphatic hydroxyl groups is 1. The molecule has 0 radical (unpaired) electrons. The monoisotopic (exact) mass is 712 g/mol. The molecule has 51 heavy (non-hydrogen) atoms. The summed E-state index contributed by atoms with van der Waals surface area (Å²) < 4.78 is 24.0. The van der Waals surface area contributed by atoms with Crippen LogP contribution in [-0.2, 0) is 29.3 Å². The molecule has 0 saturated carbocycles. The van der Waals surface area contributed by atoms with Gasteiger partial charge in [-0.05, 0) is 66.3 Å². The number of carbonyl (C=O) groups is 1. The Bertz CT molecular complexity index is 1900. The van der Waals surface area contributed by atoms with Gasteiger partial charge in [-0.25, -0.2) is 4.79 Å². The number of carboxylic acids is 1. The van der Waals surface area contributed by atoms with Crippen LogP contribution in [0.5, 0.6) is 17.2 Å². The summed E-state index contributed by atoms with van der Waals surface area (Å²) in [5.74, 6) is 0.254. The Morgan fingerprint density at radius 1 is 0.961 bits per heavy atom. The van der Waals surface area contributed by atoms with Gasteiger partial charge >= 0.3 is 5.97 Å². The number of aliphatic imine (C=N–C) groups is 1. The Kier molecular flexibility index (Phi) is 13.4. The van der Waals surface area contributed by atoms with E-state index in [1.165, 1.54) is 6.20 Å². The minimum Gasteiger partial charge on any atom is -0.493 e. The number of nitrogens with zero attached hydrogens (tertiary/aromatic N) is 4. The van der Waals surface area contributed by atoms with Gasteiger partial charge in [0.1, 0.15) is 42.2 Å². The van der Waals surface area contributed by atoms with Gasteiger partial charge in [-0.2, -0.15) is 5.26 Å². The van der Waals surface area contributed by atoms with Crippen molar-refractivity contribution in [2.45, 2.75) is 40.0 Å². The van der Waals surface area contributed by atoms with Gasteiger partial charge in [0.05, 0.1) is 43.6 Å². The maximum atomic E-state index is 11.4. The van der Waals surface area contributed by atoms with Gasteiger partial charge in [0, 0.05) is 49.2 Å². The first-order valence-corrected chi connectivity index (χ1v) is 17.1. The van der Waals surface area contributed by atoms with Crippen molar-refractivity contribution < 1.29 is 34.0 Å². The highest BCUT2D eigenvalue weighted by Gasteiger charge is 2.17. The predicted octanol–water partition coefficient (Wildman–Crippen LogP) is 6.17. The Hall–Kier alpha value is -4.99. The van der Waals surface area contributed by atoms with Crippen molar-refractivity contribution in [3.05, 3.63) is 105 Å². The maximum absolute atomic E-state index is 11.4. The Balaban J connectivity index is 1.32. The molecular formula is C39H41ClN4O7. The van der Waals surface area contributed by atoms with Gasteiger partial charge in [-0.3, -0.25) is 14.9 Å². The Morgan fingerprint density at radius 2 is 1.71 bits per heavy atom. The van der Waals surface area contributed by atoms with E-state index < -0.39 is 18.3 Å². The Morgan fingerprint density at radius 3 is 2.45 bits per heavy atom. The third-order valence-electron chi connectivity index (χ3n) is 8.65.